The lowest BCUT2D eigenvalue weighted by Gasteiger charge is -2.17. The van der Waals surface area contributed by atoms with E-state index in [0.717, 1.165) is 10.9 Å². The van der Waals surface area contributed by atoms with Crippen LogP contribution < -0.4 is 5.73 Å². The number of thiophene rings is 1. The van der Waals surface area contributed by atoms with Crippen LogP contribution in [-0.4, -0.2) is 0 Å². The Morgan fingerprint density at radius 2 is 2.23 bits per heavy atom. The molecule has 1 rings (SSSR count). The first-order valence-electron chi connectivity index (χ1n) is 4.15. The molecular formula is C9H15BrClNS. The lowest BCUT2D eigenvalue weighted by atomic mass is 9.99. The number of halogens is 2. The average molecular weight is 285 g/mol. The smallest absolute Gasteiger partial charge is 0.0427 e. The molecule has 1 aromatic rings. The Labute approximate surface area is 98.3 Å². The molecule has 1 aromatic heterocycles. The Morgan fingerprint density at radius 3 is 2.62 bits per heavy atom. The summed E-state index contributed by atoms with van der Waals surface area (Å²) in [6.45, 7) is 4.36. The van der Waals surface area contributed by atoms with Crippen molar-refractivity contribution in [2.45, 2.75) is 26.3 Å². The Morgan fingerprint density at radius 1 is 1.62 bits per heavy atom. The molecule has 2 atom stereocenters. The molecule has 0 amide bonds. The molecule has 4 heteroatoms. The van der Waals surface area contributed by atoms with Gasteiger partial charge in [-0.2, -0.15) is 0 Å². The van der Waals surface area contributed by atoms with Gasteiger partial charge in [-0.25, -0.2) is 0 Å². The second kappa shape index (κ2) is 6.02. The summed E-state index contributed by atoms with van der Waals surface area (Å²) in [6, 6.07) is 2.24. The Kier molecular flexibility index (Phi) is 6.21. The van der Waals surface area contributed by atoms with Crippen molar-refractivity contribution >= 4 is 39.7 Å². The third-order valence-corrected chi connectivity index (χ3v) is 4.18. The van der Waals surface area contributed by atoms with Gasteiger partial charge in [-0.15, -0.1) is 23.7 Å². The predicted molar refractivity (Wildman–Crippen MR) is 65.7 cm³/mol. The maximum absolute atomic E-state index is 6.07. The summed E-state index contributed by atoms with van der Waals surface area (Å²) in [5.41, 5.74) is 6.07. The largest absolute Gasteiger partial charge is 0.323 e. The van der Waals surface area contributed by atoms with Crippen molar-refractivity contribution in [3.05, 3.63) is 20.8 Å². The highest BCUT2D eigenvalue weighted by atomic mass is 79.9. The van der Waals surface area contributed by atoms with Gasteiger partial charge in [0.1, 0.15) is 0 Å². The number of rotatable bonds is 3. The van der Waals surface area contributed by atoms with Crippen molar-refractivity contribution < 1.29 is 0 Å². The topological polar surface area (TPSA) is 26.0 Å². The van der Waals surface area contributed by atoms with Crippen molar-refractivity contribution in [1.82, 2.24) is 0 Å². The molecule has 76 valence electrons. The fourth-order valence-corrected chi connectivity index (χ4v) is 2.83. The zero-order valence-electron chi connectivity index (χ0n) is 7.79. The van der Waals surface area contributed by atoms with E-state index in [1.165, 1.54) is 4.88 Å². The van der Waals surface area contributed by atoms with Crippen LogP contribution in [0.1, 0.15) is 31.2 Å². The van der Waals surface area contributed by atoms with E-state index >= 15 is 0 Å². The average Bonchev–Trinajstić information content (AvgIpc) is 2.48. The third-order valence-electron chi connectivity index (χ3n) is 2.20. The minimum Gasteiger partial charge on any atom is -0.323 e. The van der Waals surface area contributed by atoms with Crippen molar-refractivity contribution in [3.63, 3.8) is 0 Å². The molecule has 0 fully saturated rings. The first-order valence-corrected chi connectivity index (χ1v) is 5.82. The quantitative estimate of drug-likeness (QED) is 0.893. The molecule has 0 spiro atoms. The first kappa shape index (κ1) is 13.4. The minimum absolute atomic E-state index is 0. The van der Waals surface area contributed by atoms with Crippen LogP contribution >= 0.6 is 39.7 Å². The van der Waals surface area contributed by atoms with Gasteiger partial charge in [0.2, 0.25) is 0 Å². The van der Waals surface area contributed by atoms with Gasteiger partial charge in [0.25, 0.3) is 0 Å². The minimum atomic E-state index is 0. The van der Waals surface area contributed by atoms with Crippen LogP contribution in [0.4, 0.5) is 0 Å². The number of hydrogen-bond acceptors (Lipinski definition) is 2. The van der Waals surface area contributed by atoms with Gasteiger partial charge in [-0.3, -0.25) is 0 Å². The fraction of sp³-hybridized carbons (Fsp3) is 0.556. The monoisotopic (exact) mass is 283 g/mol. The SMILES string of the molecule is CCC(C)[C@H](N)c1sccc1Br.Cl. The Hall–Kier alpha value is 0.430. The van der Waals surface area contributed by atoms with E-state index < -0.39 is 0 Å². The summed E-state index contributed by atoms with van der Waals surface area (Å²) in [4.78, 5) is 1.27. The van der Waals surface area contributed by atoms with E-state index in [1.54, 1.807) is 11.3 Å². The van der Waals surface area contributed by atoms with Crippen LogP contribution in [0.5, 0.6) is 0 Å². The molecule has 0 bridgehead atoms. The fourth-order valence-electron chi connectivity index (χ4n) is 1.06. The zero-order chi connectivity index (χ0) is 9.14. The van der Waals surface area contributed by atoms with Gasteiger partial charge in [0.15, 0.2) is 0 Å². The molecule has 1 heterocycles. The summed E-state index contributed by atoms with van der Waals surface area (Å²) in [7, 11) is 0. The van der Waals surface area contributed by atoms with E-state index in [4.69, 9.17) is 5.73 Å². The predicted octanol–water partition coefficient (Wildman–Crippen LogP) is 3.98. The van der Waals surface area contributed by atoms with E-state index in [-0.39, 0.29) is 18.4 Å². The molecule has 0 saturated carbocycles. The van der Waals surface area contributed by atoms with Crippen molar-refractivity contribution in [2.75, 3.05) is 0 Å². The van der Waals surface area contributed by atoms with Crippen LogP contribution in [0, 0.1) is 5.92 Å². The van der Waals surface area contributed by atoms with Crippen molar-refractivity contribution in [2.24, 2.45) is 11.7 Å². The number of nitrogens with two attached hydrogens (primary N) is 1. The molecule has 1 nitrogen and oxygen atoms in total. The molecule has 0 aromatic carbocycles. The molecule has 0 aliphatic heterocycles. The van der Waals surface area contributed by atoms with Crippen LogP contribution in [0.15, 0.2) is 15.9 Å². The molecule has 0 aliphatic carbocycles. The van der Waals surface area contributed by atoms with E-state index in [1.807, 2.05) is 0 Å². The van der Waals surface area contributed by atoms with Crippen LogP contribution in [0.2, 0.25) is 0 Å². The van der Waals surface area contributed by atoms with Crippen LogP contribution in [-0.2, 0) is 0 Å². The van der Waals surface area contributed by atoms with Gasteiger partial charge in [-0.05, 0) is 33.3 Å². The first-order chi connectivity index (χ1) is 5.66. The van der Waals surface area contributed by atoms with Gasteiger partial charge in [0.05, 0.1) is 0 Å². The highest BCUT2D eigenvalue weighted by Gasteiger charge is 2.16. The number of hydrogen-bond donors (Lipinski definition) is 1. The van der Waals surface area contributed by atoms with Gasteiger partial charge >= 0.3 is 0 Å². The Bertz CT molecular complexity index is 252. The normalized spacial score (nSPS) is 14.8. The van der Waals surface area contributed by atoms with Crippen LogP contribution in [0.25, 0.3) is 0 Å². The molecule has 0 radical (unpaired) electrons. The van der Waals surface area contributed by atoms with Gasteiger partial charge in [-0.1, -0.05) is 20.3 Å². The summed E-state index contributed by atoms with van der Waals surface area (Å²) in [5, 5.41) is 2.07. The highest BCUT2D eigenvalue weighted by molar-refractivity contribution is 9.10. The molecule has 0 aliphatic rings. The van der Waals surface area contributed by atoms with Gasteiger partial charge < -0.3 is 5.73 Å². The van der Waals surface area contributed by atoms with Gasteiger partial charge in [0, 0.05) is 15.4 Å². The summed E-state index contributed by atoms with van der Waals surface area (Å²) >= 11 is 5.22. The lowest BCUT2D eigenvalue weighted by molar-refractivity contribution is 0.461. The van der Waals surface area contributed by atoms with Crippen LogP contribution in [0.3, 0.4) is 0 Å². The van der Waals surface area contributed by atoms with E-state index in [2.05, 4.69) is 41.2 Å². The second-order valence-electron chi connectivity index (χ2n) is 3.04. The van der Waals surface area contributed by atoms with E-state index in [9.17, 15) is 0 Å². The standard InChI is InChI=1S/C9H14BrNS.ClH/c1-3-6(2)8(11)9-7(10)4-5-12-9;/h4-6,8H,3,11H2,1-2H3;1H/t6?,8-;/m0./s1. The summed E-state index contributed by atoms with van der Waals surface area (Å²) in [6.07, 6.45) is 1.13. The summed E-state index contributed by atoms with van der Waals surface area (Å²) < 4.78 is 1.15. The van der Waals surface area contributed by atoms with E-state index in [0.29, 0.717) is 5.92 Å². The second-order valence-corrected chi connectivity index (χ2v) is 4.85. The molecule has 2 N–H and O–H groups in total. The maximum atomic E-state index is 6.07. The summed E-state index contributed by atoms with van der Waals surface area (Å²) in [5.74, 6) is 0.556. The Balaban J connectivity index is 0.00000144. The van der Waals surface area contributed by atoms with Crippen molar-refractivity contribution in [1.29, 1.82) is 0 Å². The molecular weight excluding hydrogens is 270 g/mol. The molecule has 1 unspecified atom stereocenters. The third kappa shape index (κ3) is 3.24. The highest BCUT2D eigenvalue weighted by Crippen LogP contribution is 2.32. The molecule has 13 heavy (non-hydrogen) atoms. The lowest BCUT2D eigenvalue weighted by Crippen LogP contribution is -2.17. The molecule has 0 saturated heterocycles. The van der Waals surface area contributed by atoms with Crippen molar-refractivity contribution in [3.8, 4) is 0 Å². The zero-order valence-corrected chi connectivity index (χ0v) is 11.0. The maximum Gasteiger partial charge on any atom is 0.0427 e.